The molecule has 0 atom stereocenters. The van der Waals surface area contributed by atoms with Crippen molar-refractivity contribution in [2.45, 2.75) is 92.7 Å². The highest BCUT2D eigenvalue weighted by Crippen LogP contribution is 2.37. The predicted octanol–water partition coefficient (Wildman–Crippen LogP) is 8.79. The van der Waals surface area contributed by atoms with Crippen molar-refractivity contribution in [2.75, 3.05) is 14.2 Å². The molecule has 3 aromatic heterocycles. The molecule has 2 aliphatic rings. The average molecular weight is 683 g/mol. The van der Waals surface area contributed by atoms with Crippen molar-refractivity contribution in [3.05, 3.63) is 69.8 Å². The van der Waals surface area contributed by atoms with Crippen LogP contribution >= 0.6 is 0 Å². The van der Waals surface area contributed by atoms with Gasteiger partial charge in [-0.2, -0.15) is 0 Å². The Morgan fingerprint density at radius 2 is 1.31 bits per heavy atom. The molecule has 5 heterocycles. The van der Waals surface area contributed by atoms with Crippen LogP contribution in [-0.4, -0.2) is 61.1 Å². The predicted molar refractivity (Wildman–Crippen MR) is 203 cm³/mol. The van der Waals surface area contributed by atoms with E-state index in [1.807, 2.05) is 0 Å². The lowest BCUT2D eigenvalue weighted by Gasteiger charge is -2.23. The lowest BCUT2D eigenvalue weighted by molar-refractivity contribution is -0.141. The molecule has 0 saturated carbocycles. The zero-order chi connectivity index (χ0) is 35.3. The zero-order valence-corrected chi connectivity index (χ0v) is 32.7. The maximum Gasteiger partial charge on any atom is 0.305 e. The molecule has 0 aromatic carbocycles. The smallest absolute Gasteiger partial charge is 0.305 e. The minimum Gasteiger partial charge on any atom is -0.469 e. The maximum atomic E-state index is 12.5. The van der Waals surface area contributed by atoms with Crippen molar-refractivity contribution in [1.29, 1.82) is 0 Å². The van der Waals surface area contributed by atoms with Gasteiger partial charge in [-0.15, -0.1) is 0 Å². The molecule has 0 fully saturated rings. The third-order valence-corrected chi connectivity index (χ3v) is 13.0. The number of carbonyl (C=O) groups excluding carboxylic acids is 2. The molecule has 254 valence electrons. The summed E-state index contributed by atoms with van der Waals surface area (Å²) >= 11 is 0. The lowest BCUT2D eigenvalue weighted by Crippen LogP contribution is -2.32. The number of carbonyl (C=O) groups is 2. The summed E-state index contributed by atoms with van der Waals surface area (Å²) in [6, 6.07) is 11.1. The number of esters is 2. The Morgan fingerprint density at radius 1 is 0.688 bits per heavy atom. The average Bonchev–Trinajstić information content (AvgIpc) is 3.67. The molecule has 8 bridgehead atoms. The number of allylic oxidation sites excluding steroid dienone is 3. The Bertz CT molecular complexity index is 2050. The second-order valence-electron chi connectivity index (χ2n) is 15.0. The molecule has 5 rings (SSSR count). The Hall–Kier alpha value is -4.03. The van der Waals surface area contributed by atoms with Crippen molar-refractivity contribution < 1.29 is 19.1 Å². The fourth-order valence-corrected chi connectivity index (χ4v) is 10.8. The van der Waals surface area contributed by atoms with Crippen molar-refractivity contribution in [2.24, 2.45) is 0 Å². The van der Waals surface area contributed by atoms with E-state index < -0.39 is 16.5 Å². The molecule has 0 spiro atoms. The van der Waals surface area contributed by atoms with Crippen LogP contribution in [0.25, 0.3) is 44.9 Å². The van der Waals surface area contributed by atoms with Crippen LogP contribution in [0.4, 0.5) is 0 Å². The first-order valence-electron chi connectivity index (χ1n) is 16.7. The van der Waals surface area contributed by atoms with Gasteiger partial charge < -0.3 is 17.9 Å². The van der Waals surface area contributed by atoms with Crippen LogP contribution in [0, 0.1) is 13.8 Å². The maximum absolute atomic E-state index is 12.5. The van der Waals surface area contributed by atoms with Crippen LogP contribution in [0.2, 0.25) is 39.3 Å². The highest BCUT2D eigenvalue weighted by Gasteiger charge is 2.27. The van der Waals surface area contributed by atoms with Gasteiger partial charge in [-0.3, -0.25) is 9.59 Å². The van der Waals surface area contributed by atoms with E-state index in [2.05, 4.69) is 112 Å². The number of aromatic nitrogens is 4. The van der Waals surface area contributed by atoms with E-state index in [1.165, 1.54) is 25.3 Å². The van der Waals surface area contributed by atoms with Gasteiger partial charge in [0.05, 0.1) is 37.0 Å². The van der Waals surface area contributed by atoms with E-state index in [4.69, 9.17) is 19.4 Å². The number of aryl methyl sites for hydroxylation is 3. The Kier molecular flexibility index (Phi) is 9.64. The van der Waals surface area contributed by atoms with Crippen LogP contribution in [0.15, 0.2) is 30.3 Å². The first-order chi connectivity index (χ1) is 22.4. The molecule has 48 heavy (non-hydrogen) atoms. The topological polar surface area (TPSA) is 88.2 Å². The van der Waals surface area contributed by atoms with Crippen LogP contribution in [0.5, 0.6) is 0 Å². The lowest BCUT2D eigenvalue weighted by atomic mass is 10.0. The normalized spacial score (nSPS) is 13.5. The Balaban J connectivity index is 2.04. The summed E-state index contributed by atoms with van der Waals surface area (Å²) in [5.41, 5.74) is 14.7. The molecule has 0 unspecified atom stereocenters. The highest BCUT2D eigenvalue weighted by atomic mass is 28.3. The summed E-state index contributed by atoms with van der Waals surface area (Å²) in [5, 5.41) is 0. The molecular weight excluding hydrogens is 633 g/mol. The number of nitrogens with zero attached hydrogens (tertiary/aromatic N) is 4. The van der Waals surface area contributed by atoms with Gasteiger partial charge >= 0.3 is 11.9 Å². The van der Waals surface area contributed by atoms with Crippen molar-refractivity contribution >= 4 is 73.3 Å². The van der Waals surface area contributed by atoms with E-state index >= 15 is 0 Å². The molecule has 8 nitrogen and oxygen atoms in total. The molecule has 2 aliphatic heterocycles. The Morgan fingerprint density at radius 3 is 1.92 bits per heavy atom. The summed E-state index contributed by atoms with van der Waals surface area (Å²) < 4.78 is 15.2. The molecular formula is C38H50N4O4Si2. The van der Waals surface area contributed by atoms with E-state index in [0.29, 0.717) is 12.8 Å². The number of rotatable bonds is 8. The largest absolute Gasteiger partial charge is 0.469 e. The minimum atomic E-state index is -2.09. The van der Waals surface area contributed by atoms with Gasteiger partial charge in [0.2, 0.25) is 0 Å². The van der Waals surface area contributed by atoms with Crippen molar-refractivity contribution in [3.8, 4) is 0 Å². The third-order valence-electron chi connectivity index (χ3n) is 9.37. The summed E-state index contributed by atoms with van der Waals surface area (Å²) in [6.45, 7) is 22.8. The molecule has 10 heteroatoms. The number of hydrogen-bond donors (Lipinski definition) is 0. The fourth-order valence-electron chi connectivity index (χ4n) is 7.03. The van der Waals surface area contributed by atoms with Crippen LogP contribution < -0.4 is 0 Å². The van der Waals surface area contributed by atoms with Gasteiger partial charge in [-0.25, -0.2) is 9.97 Å². The summed E-state index contributed by atoms with van der Waals surface area (Å²) in [7, 11) is -1.14. The van der Waals surface area contributed by atoms with Crippen molar-refractivity contribution in [1.82, 2.24) is 18.4 Å². The number of fused-ring (bicyclic) bond motifs is 8. The van der Waals surface area contributed by atoms with Gasteiger partial charge in [0.15, 0.2) is 16.5 Å². The monoisotopic (exact) mass is 682 g/mol. The van der Waals surface area contributed by atoms with E-state index in [-0.39, 0.29) is 24.8 Å². The quantitative estimate of drug-likeness (QED) is 0.174. The molecule has 0 saturated heterocycles. The zero-order valence-electron chi connectivity index (χ0n) is 30.7. The van der Waals surface area contributed by atoms with Crippen molar-refractivity contribution in [3.63, 3.8) is 0 Å². The standard InChI is InChI=1S/C38H50N4O4Si2/c1-23-17-27-19-32-25(3)29(13-15-37(43)45-5)33(40-32)21-36-30(14-16-38(44)46-6)26(4)35(42(36)48(10,11)12)22-34-24(2)18-28(20-31(23)39-27)41(34)47(7,8)9/h17-22H,13-16H2,1-12H3. The third kappa shape index (κ3) is 6.78. The van der Waals surface area contributed by atoms with Gasteiger partial charge in [-0.05, 0) is 110 Å². The SMILES string of the molecule is COC(=O)CCC1=C(C)c2cc3nc(cc4cc(C)c(cc5c(C)c(CCC(=O)OC)c(cc1n2)n5[Si](C)(C)C)n4[Si](C)(C)C)C(C)=C3. The molecule has 0 amide bonds. The van der Waals surface area contributed by atoms with Gasteiger partial charge in [0.1, 0.15) is 0 Å². The highest BCUT2D eigenvalue weighted by molar-refractivity contribution is 6.76. The van der Waals surface area contributed by atoms with Gasteiger partial charge in [0, 0.05) is 34.9 Å². The summed E-state index contributed by atoms with van der Waals surface area (Å²) in [6.07, 6.45) is 3.71. The first kappa shape index (κ1) is 35.3. The van der Waals surface area contributed by atoms with E-state index in [1.54, 1.807) is 0 Å². The van der Waals surface area contributed by atoms with Crippen LogP contribution in [0.3, 0.4) is 0 Å². The second kappa shape index (κ2) is 13.1. The fraction of sp³-hybridized carbons (Fsp3) is 0.421. The molecule has 0 N–H and O–H groups in total. The molecule has 0 aliphatic carbocycles. The second-order valence-corrected chi connectivity index (χ2v) is 24.6. The Labute approximate surface area is 286 Å². The number of methoxy groups -OCH3 is 2. The summed E-state index contributed by atoms with van der Waals surface area (Å²) in [4.78, 5) is 35.1. The van der Waals surface area contributed by atoms with Crippen LogP contribution in [-0.2, 0) is 25.5 Å². The van der Waals surface area contributed by atoms with Crippen LogP contribution in [0.1, 0.15) is 72.6 Å². The first-order valence-corrected chi connectivity index (χ1v) is 23.6. The summed E-state index contributed by atoms with van der Waals surface area (Å²) in [5.74, 6) is -0.487. The van der Waals surface area contributed by atoms with Gasteiger partial charge in [-0.1, -0.05) is 39.3 Å². The van der Waals surface area contributed by atoms with Gasteiger partial charge in [0.25, 0.3) is 0 Å². The number of hydrogen-bond acceptors (Lipinski definition) is 6. The molecule has 3 aromatic rings. The molecule has 0 radical (unpaired) electrons. The minimum absolute atomic E-state index is 0.233. The number of ether oxygens (including phenoxy) is 2. The van der Waals surface area contributed by atoms with E-state index in [0.717, 1.165) is 67.2 Å². The van der Waals surface area contributed by atoms with E-state index in [9.17, 15) is 9.59 Å².